The van der Waals surface area contributed by atoms with Crippen LogP contribution in [0, 0.1) is 6.92 Å². The Morgan fingerprint density at radius 1 is 1.05 bits per heavy atom. The molecule has 0 spiro atoms. The van der Waals surface area contributed by atoms with Crippen LogP contribution in [0.5, 0.6) is 0 Å². The zero-order valence-electron chi connectivity index (χ0n) is 13.8. The number of amides is 1. The van der Waals surface area contributed by atoms with Crippen LogP contribution in [0.15, 0.2) is 9.59 Å². The molecule has 1 fully saturated rings. The fraction of sp³-hybridized carbons (Fsp3) is 0.667. The van der Waals surface area contributed by atoms with Gasteiger partial charge in [-0.1, -0.05) is 6.92 Å². The van der Waals surface area contributed by atoms with E-state index in [4.69, 9.17) is 0 Å². The van der Waals surface area contributed by atoms with Crippen LogP contribution in [0.1, 0.15) is 25.5 Å². The number of hydrogen-bond acceptors (Lipinski definition) is 4. The summed E-state index contributed by atoms with van der Waals surface area (Å²) in [4.78, 5) is 40.1. The molecule has 7 heteroatoms. The normalized spacial score (nSPS) is 15.3. The third kappa shape index (κ3) is 2.80. The summed E-state index contributed by atoms with van der Waals surface area (Å²) in [5, 5.41) is 0. The average Bonchev–Trinajstić information content (AvgIpc) is 2.52. The molecule has 0 aromatic carbocycles. The van der Waals surface area contributed by atoms with Gasteiger partial charge >= 0.3 is 5.69 Å². The number of anilines is 1. The van der Waals surface area contributed by atoms with Gasteiger partial charge in [0, 0.05) is 52.4 Å². The Morgan fingerprint density at radius 3 is 2.18 bits per heavy atom. The standard InChI is InChI=1S/C15H24N4O3/c1-5-6-12(20)18-7-9-19(10-8-18)13-11(2)16(3)15(22)17(4)14(13)21/h5-10H2,1-4H3. The van der Waals surface area contributed by atoms with Crippen molar-refractivity contribution in [2.75, 3.05) is 31.1 Å². The zero-order valence-corrected chi connectivity index (χ0v) is 13.8. The maximum absolute atomic E-state index is 12.4. The van der Waals surface area contributed by atoms with Crippen LogP contribution >= 0.6 is 0 Å². The molecule has 22 heavy (non-hydrogen) atoms. The second-order valence-corrected chi connectivity index (χ2v) is 5.76. The van der Waals surface area contributed by atoms with E-state index in [9.17, 15) is 14.4 Å². The molecule has 1 aliphatic rings. The Bertz CT molecular complexity index is 681. The van der Waals surface area contributed by atoms with E-state index >= 15 is 0 Å². The topological polar surface area (TPSA) is 67.6 Å². The molecule has 0 radical (unpaired) electrons. The molecule has 7 nitrogen and oxygen atoms in total. The maximum atomic E-state index is 12.4. The summed E-state index contributed by atoms with van der Waals surface area (Å²) in [6.45, 7) is 6.24. The maximum Gasteiger partial charge on any atom is 0.330 e. The minimum Gasteiger partial charge on any atom is -0.362 e. The molecule has 0 N–H and O–H groups in total. The Kier molecular flexibility index (Phi) is 4.73. The number of carbonyl (C=O) groups is 1. The molecule has 1 aromatic rings. The van der Waals surface area contributed by atoms with Gasteiger partial charge < -0.3 is 9.80 Å². The van der Waals surface area contributed by atoms with Crippen molar-refractivity contribution < 1.29 is 4.79 Å². The monoisotopic (exact) mass is 308 g/mol. The Morgan fingerprint density at radius 2 is 1.64 bits per heavy atom. The van der Waals surface area contributed by atoms with Crippen molar-refractivity contribution >= 4 is 11.6 Å². The Balaban J connectivity index is 2.24. The van der Waals surface area contributed by atoms with Crippen molar-refractivity contribution in [1.29, 1.82) is 0 Å². The molecule has 0 atom stereocenters. The largest absolute Gasteiger partial charge is 0.362 e. The van der Waals surface area contributed by atoms with Gasteiger partial charge in [0.2, 0.25) is 5.91 Å². The van der Waals surface area contributed by atoms with E-state index in [-0.39, 0.29) is 17.2 Å². The van der Waals surface area contributed by atoms with Crippen LogP contribution < -0.4 is 16.1 Å². The smallest absolute Gasteiger partial charge is 0.330 e. The van der Waals surface area contributed by atoms with Gasteiger partial charge in [0.1, 0.15) is 5.69 Å². The summed E-state index contributed by atoms with van der Waals surface area (Å²) >= 11 is 0. The number of carbonyl (C=O) groups excluding carboxylic acids is 1. The van der Waals surface area contributed by atoms with Crippen LogP contribution in [-0.4, -0.2) is 46.1 Å². The van der Waals surface area contributed by atoms with Crippen LogP contribution in [0.3, 0.4) is 0 Å². The molecule has 0 unspecified atom stereocenters. The lowest BCUT2D eigenvalue weighted by molar-refractivity contribution is -0.131. The summed E-state index contributed by atoms with van der Waals surface area (Å²) < 4.78 is 2.63. The van der Waals surface area contributed by atoms with Crippen molar-refractivity contribution in [2.45, 2.75) is 26.7 Å². The van der Waals surface area contributed by atoms with Crippen LogP contribution in [0.2, 0.25) is 0 Å². The highest BCUT2D eigenvalue weighted by Gasteiger charge is 2.25. The lowest BCUT2D eigenvalue weighted by Gasteiger charge is -2.36. The van der Waals surface area contributed by atoms with Gasteiger partial charge in [0.15, 0.2) is 0 Å². The van der Waals surface area contributed by atoms with Crippen molar-refractivity contribution in [3.05, 3.63) is 26.5 Å². The first-order valence-electron chi connectivity index (χ1n) is 7.67. The van der Waals surface area contributed by atoms with E-state index in [1.165, 1.54) is 11.6 Å². The quantitative estimate of drug-likeness (QED) is 0.778. The first-order chi connectivity index (χ1) is 10.4. The summed E-state index contributed by atoms with van der Waals surface area (Å²) in [6.07, 6.45) is 1.42. The molecule has 2 rings (SSSR count). The van der Waals surface area contributed by atoms with Gasteiger partial charge in [-0.2, -0.15) is 0 Å². The predicted octanol–water partition coefficient (Wildman–Crippen LogP) is -0.159. The predicted molar refractivity (Wildman–Crippen MR) is 85.4 cm³/mol. The van der Waals surface area contributed by atoms with Crippen LogP contribution in [0.25, 0.3) is 0 Å². The highest BCUT2D eigenvalue weighted by Crippen LogP contribution is 2.15. The average molecular weight is 308 g/mol. The second kappa shape index (κ2) is 6.37. The van der Waals surface area contributed by atoms with Crippen molar-refractivity contribution in [3.63, 3.8) is 0 Å². The fourth-order valence-corrected chi connectivity index (χ4v) is 2.84. The molecular formula is C15H24N4O3. The van der Waals surface area contributed by atoms with Gasteiger partial charge in [-0.15, -0.1) is 0 Å². The first-order valence-corrected chi connectivity index (χ1v) is 7.67. The van der Waals surface area contributed by atoms with Crippen molar-refractivity contribution in [3.8, 4) is 0 Å². The fourth-order valence-electron chi connectivity index (χ4n) is 2.84. The van der Waals surface area contributed by atoms with E-state index in [1.807, 2.05) is 16.7 Å². The van der Waals surface area contributed by atoms with Crippen molar-refractivity contribution in [2.24, 2.45) is 14.1 Å². The minimum absolute atomic E-state index is 0.173. The molecule has 0 saturated carbocycles. The highest BCUT2D eigenvalue weighted by atomic mass is 16.2. The number of nitrogens with zero attached hydrogens (tertiary/aromatic N) is 4. The number of rotatable bonds is 3. The van der Waals surface area contributed by atoms with E-state index < -0.39 is 0 Å². The molecule has 122 valence electrons. The third-order valence-corrected chi connectivity index (χ3v) is 4.34. The lowest BCUT2D eigenvalue weighted by atomic mass is 10.2. The molecule has 2 heterocycles. The molecule has 1 aliphatic heterocycles. The SMILES string of the molecule is CCCC(=O)N1CCN(c2c(C)n(C)c(=O)n(C)c2=O)CC1. The summed E-state index contributed by atoms with van der Waals surface area (Å²) in [5.41, 5.74) is 0.644. The van der Waals surface area contributed by atoms with Gasteiger partial charge in [-0.05, 0) is 13.3 Å². The number of aromatic nitrogens is 2. The van der Waals surface area contributed by atoms with Crippen molar-refractivity contribution in [1.82, 2.24) is 14.0 Å². The van der Waals surface area contributed by atoms with Gasteiger partial charge in [-0.3, -0.25) is 18.7 Å². The highest BCUT2D eigenvalue weighted by molar-refractivity contribution is 5.76. The van der Waals surface area contributed by atoms with E-state index in [1.54, 1.807) is 14.0 Å². The molecule has 1 amide bonds. The summed E-state index contributed by atoms with van der Waals surface area (Å²) in [5.74, 6) is 0.173. The third-order valence-electron chi connectivity index (χ3n) is 4.34. The van der Waals surface area contributed by atoms with E-state index in [2.05, 4.69) is 0 Å². The van der Waals surface area contributed by atoms with E-state index in [0.717, 1.165) is 11.0 Å². The molecule has 0 aliphatic carbocycles. The molecule has 1 aromatic heterocycles. The van der Waals surface area contributed by atoms with Gasteiger partial charge in [0.25, 0.3) is 5.56 Å². The lowest BCUT2D eigenvalue weighted by Crippen LogP contribution is -2.52. The number of hydrogen-bond donors (Lipinski definition) is 0. The van der Waals surface area contributed by atoms with Gasteiger partial charge in [0.05, 0.1) is 0 Å². The van der Waals surface area contributed by atoms with Crippen LogP contribution in [0.4, 0.5) is 5.69 Å². The zero-order chi connectivity index (χ0) is 16.4. The van der Waals surface area contributed by atoms with Gasteiger partial charge in [-0.25, -0.2) is 4.79 Å². The Hall–Kier alpha value is -2.05. The summed E-state index contributed by atoms with van der Waals surface area (Å²) in [7, 11) is 3.16. The van der Waals surface area contributed by atoms with Crippen LogP contribution in [-0.2, 0) is 18.9 Å². The minimum atomic E-state index is -0.317. The second-order valence-electron chi connectivity index (χ2n) is 5.76. The Labute approximate surface area is 129 Å². The molecular weight excluding hydrogens is 284 g/mol. The molecule has 0 bridgehead atoms. The number of piperazine rings is 1. The summed E-state index contributed by atoms with van der Waals surface area (Å²) in [6, 6.07) is 0. The first kappa shape index (κ1) is 16.3. The van der Waals surface area contributed by atoms with E-state index in [0.29, 0.717) is 44.0 Å². The molecule has 1 saturated heterocycles.